The van der Waals surface area contributed by atoms with Crippen molar-refractivity contribution < 1.29 is 23.1 Å². The number of H-pyrrole nitrogens is 1. The molecule has 1 aromatic carbocycles. The van der Waals surface area contributed by atoms with E-state index in [1.807, 2.05) is 13.8 Å². The van der Waals surface area contributed by atoms with Crippen LogP contribution in [0.4, 0.5) is 0 Å². The highest BCUT2D eigenvalue weighted by Crippen LogP contribution is 2.31. The number of carboxylic acid groups (broad SMARTS) is 1. The second-order valence-electron chi connectivity index (χ2n) is 10.9. The van der Waals surface area contributed by atoms with Crippen LogP contribution in [-0.4, -0.2) is 81.9 Å². The molecule has 0 aliphatic carbocycles. The van der Waals surface area contributed by atoms with E-state index >= 15 is 0 Å². The smallest absolute Gasteiger partial charge is 0.337 e. The summed E-state index contributed by atoms with van der Waals surface area (Å²) in [7, 11) is 0.0311. The Morgan fingerprint density at radius 3 is 2.62 bits per heavy atom. The van der Waals surface area contributed by atoms with Gasteiger partial charge in [0.2, 0.25) is 10.0 Å². The van der Waals surface area contributed by atoms with Crippen molar-refractivity contribution in [2.45, 2.75) is 63.3 Å². The zero-order chi connectivity index (χ0) is 32.6. The molecule has 1 saturated heterocycles. The SMILES string of the molecule is CCCOc1ccc(S(=O)(=O)NCCC2CCCN2C)cc1-c1nc2c(CCC)nn(C)c2c(=O)[nH]1.O=C(O)c1cccnc1. The van der Waals surface area contributed by atoms with Crippen LogP contribution in [0.2, 0.25) is 0 Å². The van der Waals surface area contributed by atoms with Gasteiger partial charge < -0.3 is 19.7 Å². The summed E-state index contributed by atoms with van der Waals surface area (Å²) in [5, 5.41) is 12.8. The number of ether oxygens (including phenoxy) is 1. The first-order valence-corrected chi connectivity index (χ1v) is 16.6. The molecule has 13 nitrogen and oxygen atoms in total. The maximum atomic E-state index is 13.1. The van der Waals surface area contributed by atoms with E-state index < -0.39 is 16.0 Å². The summed E-state index contributed by atoms with van der Waals surface area (Å²) in [6.07, 6.45) is 8.15. The van der Waals surface area contributed by atoms with Gasteiger partial charge >= 0.3 is 5.97 Å². The Kier molecular flexibility index (Phi) is 11.4. The Morgan fingerprint density at radius 2 is 2.00 bits per heavy atom. The molecule has 1 atom stereocenters. The molecule has 0 saturated carbocycles. The predicted molar refractivity (Wildman–Crippen MR) is 171 cm³/mol. The molecule has 0 amide bonds. The lowest BCUT2D eigenvalue weighted by molar-refractivity contribution is 0.0696. The van der Waals surface area contributed by atoms with Gasteiger partial charge in [-0.2, -0.15) is 5.10 Å². The van der Waals surface area contributed by atoms with Gasteiger partial charge in [0.1, 0.15) is 17.1 Å². The number of nitrogens with zero attached hydrogens (tertiary/aromatic N) is 5. The van der Waals surface area contributed by atoms with Gasteiger partial charge in [-0.25, -0.2) is 22.9 Å². The van der Waals surface area contributed by atoms with E-state index in [1.165, 1.54) is 35.3 Å². The minimum Gasteiger partial charge on any atom is -0.493 e. The number of carbonyl (C=O) groups is 1. The molecule has 3 aromatic heterocycles. The number of carboxylic acids is 1. The highest BCUT2D eigenvalue weighted by atomic mass is 32.2. The summed E-state index contributed by atoms with van der Waals surface area (Å²) in [5.74, 6) is -0.219. The van der Waals surface area contributed by atoms with Crippen molar-refractivity contribution in [1.82, 2.24) is 34.4 Å². The van der Waals surface area contributed by atoms with Crippen LogP contribution in [0, 0.1) is 0 Å². The number of hydrogen-bond donors (Lipinski definition) is 3. The summed E-state index contributed by atoms with van der Waals surface area (Å²) in [6.45, 7) is 5.89. The average Bonchev–Trinajstić information content (AvgIpc) is 3.58. The molecule has 4 aromatic rings. The lowest BCUT2D eigenvalue weighted by Gasteiger charge is -2.19. The van der Waals surface area contributed by atoms with Crippen molar-refractivity contribution in [1.29, 1.82) is 0 Å². The van der Waals surface area contributed by atoms with Crippen LogP contribution in [-0.2, 0) is 23.5 Å². The number of aryl methyl sites for hydroxylation is 2. The average molecular weight is 640 g/mol. The molecule has 0 radical (unpaired) electrons. The summed E-state index contributed by atoms with van der Waals surface area (Å²) in [4.78, 5) is 36.7. The Bertz CT molecular complexity index is 1770. The van der Waals surface area contributed by atoms with Crippen molar-refractivity contribution in [3.63, 3.8) is 0 Å². The maximum absolute atomic E-state index is 13.1. The van der Waals surface area contributed by atoms with Crippen LogP contribution in [0.1, 0.15) is 62.0 Å². The van der Waals surface area contributed by atoms with Crippen LogP contribution < -0.4 is 15.0 Å². The lowest BCUT2D eigenvalue weighted by atomic mass is 10.1. The van der Waals surface area contributed by atoms with Crippen LogP contribution in [0.15, 0.2) is 52.4 Å². The minimum absolute atomic E-state index is 0.101. The number of pyridine rings is 1. The second kappa shape index (κ2) is 15.2. The fourth-order valence-corrected chi connectivity index (χ4v) is 6.33. The number of fused-ring (bicyclic) bond motifs is 1. The molecule has 0 spiro atoms. The van der Waals surface area contributed by atoms with E-state index in [2.05, 4.69) is 31.7 Å². The van der Waals surface area contributed by atoms with Gasteiger partial charge in [-0.05, 0) is 76.0 Å². The van der Waals surface area contributed by atoms with E-state index in [-0.39, 0.29) is 21.8 Å². The standard InChI is InChI=1S/C25H36N6O4S.C6H5NO2/c1-5-8-20-22-23(31(4)29-20)25(32)28-24(27-22)19-16-18(10-11-21(19)35-15-6-2)36(33,34)26-13-12-17-9-7-14-30(17)3;8-6(9)5-2-1-3-7-4-5/h10-11,16-17,26H,5-9,12-15H2,1-4H3,(H,27,28,32);1-4H,(H,8,9). The van der Waals surface area contributed by atoms with Crippen molar-refractivity contribution >= 4 is 27.0 Å². The first-order chi connectivity index (χ1) is 21.6. The maximum Gasteiger partial charge on any atom is 0.337 e. The number of aromatic carboxylic acids is 1. The summed E-state index contributed by atoms with van der Waals surface area (Å²) < 4.78 is 36.5. The van der Waals surface area contributed by atoms with Gasteiger partial charge in [0, 0.05) is 32.0 Å². The van der Waals surface area contributed by atoms with Crippen molar-refractivity contribution in [2.75, 3.05) is 26.7 Å². The fourth-order valence-electron chi connectivity index (χ4n) is 5.26. The van der Waals surface area contributed by atoms with Crippen LogP contribution in [0.5, 0.6) is 5.75 Å². The molecular formula is C31H41N7O6S. The highest BCUT2D eigenvalue weighted by Gasteiger charge is 2.23. The Balaban J connectivity index is 0.000000440. The fraction of sp³-hybridized carbons (Fsp3) is 0.452. The summed E-state index contributed by atoms with van der Waals surface area (Å²) in [5.41, 5.74) is 1.96. The monoisotopic (exact) mass is 639 g/mol. The molecule has 0 bridgehead atoms. The highest BCUT2D eigenvalue weighted by molar-refractivity contribution is 7.89. The first kappa shape index (κ1) is 33.7. The quantitative estimate of drug-likeness (QED) is 0.208. The van der Waals surface area contributed by atoms with Crippen molar-refractivity contribution in [3.05, 3.63) is 64.3 Å². The largest absolute Gasteiger partial charge is 0.493 e. The number of aromatic amines is 1. The van der Waals surface area contributed by atoms with E-state index in [0.717, 1.165) is 44.3 Å². The van der Waals surface area contributed by atoms with E-state index in [1.54, 1.807) is 19.2 Å². The van der Waals surface area contributed by atoms with Gasteiger partial charge in [-0.3, -0.25) is 14.5 Å². The summed E-state index contributed by atoms with van der Waals surface area (Å²) >= 11 is 0. The van der Waals surface area contributed by atoms with Gasteiger partial charge in [0.05, 0.1) is 28.3 Å². The number of hydrogen-bond acceptors (Lipinski definition) is 9. The van der Waals surface area contributed by atoms with Crippen LogP contribution in [0.3, 0.4) is 0 Å². The zero-order valence-corrected chi connectivity index (χ0v) is 26.9. The number of likely N-dealkylation sites (tertiary alicyclic amines) is 1. The van der Waals surface area contributed by atoms with Crippen LogP contribution >= 0.6 is 0 Å². The number of nitrogens with one attached hydrogen (secondary N) is 2. The Morgan fingerprint density at radius 1 is 1.20 bits per heavy atom. The molecule has 1 unspecified atom stereocenters. The van der Waals surface area contributed by atoms with E-state index in [9.17, 15) is 18.0 Å². The minimum atomic E-state index is -3.76. The predicted octanol–water partition coefficient (Wildman–Crippen LogP) is 3.61. The molecular weight excluding hydrogens is 598 g/mol. The van der Waals surface area contributed by atoms with Crippen LogP contribution in [0.25, 0.3) is 22.4 Å². The Labute approximate surface area is 262 Å². The summed E-state index contributed by atoms with van der Waals surface area (Å²) in [6, 6.07) is 8.16. The molecule has 14 heteroatoms. The van der Waals surface area contributed by atoms with Gasteiger partial charge in [0.15, 0.2) is 5.52 Å². The van der Waals surface area contributed by atoms with E-state index in [0.29, 0.717) is 48.0 Å². The number of rotatable bonds is 12. The third-order valence-electron chi connectivity index (χ3n) is 7.58. The number of benzene rings is 1. The number of aromatic nitrogens is 5. The van der Waals surface area contributed by atoms with E-state index in [4.69, 9.17) is 14.8 Å². The van der Waals surface area contributed by atoms with Gasteiger partial charge in [0.25, 0.3) is 5.56 Å². The molecule has 242 valence electrons. The first-order valence-electron chi connectivity index (χ1n) is 15.1. The molecule has 5 rings (SSSR count). The normalized spacial score (nSPS) is 15.2. The topological polar surface area (TPSA) is 172 Å². The third-order valence-corrected chi connectivity index (χ3v) is 9.04. The second-order valence-corrected chi connectivity index (χ2v) is 12.7. The van der Waals surface area contributed by atoms with Gasteiger partial charge in [-0.1, -0.05) is 20.3 Å². The van der Waals surface area contributed by atoms with Crippen molar-refractivity contribution in [2.24, 2.45) is 7.05 Å². The third kappa shape index (κ3) is 8.32. The zero-order valence-electron chi connectivity index (χ0n) is 26.1. The Hall–Kier alpha value is -4.14. The molecule has 1 fully saturated rings. The van der Waals surface area contributed by atoms with Crippen molar-refractivity contribution in [3.8, 4) is 17.1 Å². The molecule has 4 heterocycles. The molecule has 3 N–H and O–H groups in total. The molecule has 1 aliphatic heterocycles. The molecule has 45 heavy (non-hydrogen) atoms. The lowest BCUT2D eigenvalue weighted by Crippen LogP contribution is -2.31. The van der Waals surface area contributed by atoms with Gasteiger partial charge in [-0.15, -0.1) is 0 Å². The molecule has 1 aliphatic rings. The number of sulfonamides is 1.